The van der Waals surface area contributed by atoms with Gasteiger partial charge < -0.3 is 14.7 Å². The monoisotopic (exact) mass is 394 g/mol. The lowest BCUT2D eigenvalue weighted by atomic mass is 9.96. The fraction of sp³-hybridized carbons (Fsp3) is 0.316. The Balaban J connectivity index is 1.71. The van der Waals surface area contributed by atoms with Gasteiger partial charge in [-0.1, -0.05) is 12.1 Å². The van der Waals surface area contributed by atoms with Gasteiger partial charge in [0.25, 0.3) is 5.91 Å². The molecular weight excluding hydrogens is 377 g/mol. The number of halogens is 3. The van der Waals surface area contributed by atoms with Crippen LogP contribution in [-0.4, -0.2) is 46.1 Å². The number of carbonyl (C=O) groups excluding carboxylic acids is 1. The second kappa shape index (κ2) is 7.87. The van der Waals surface area contributed by atoms with E-state index in [-0.39, 0.29) is 12.2 Å². The molecule has 1 amide bonds. The number of hydrogen-bond donors (Lipinski definition) is 1. The molecule has 9 heteroatoms. The predicted molar refractivity (Wildman–Crippen MR) is 91.6 cm³/mol. The number of likely N-dealkylation sites (tertiary alicyclic amines) is 1. The van der Waals surface area contributed by atoms with Gasteiger partial charge in [-0.05, 0) is 24.3 Å². The Kier molecular flexibility index (Phi) is 5.53. The first-order valence-electron chi connectivity index (χ1n) is 8.46. The van der Waals surface area contributed by atoms with E-state index >= 15 is 0 Å². The molecule has 28 heavy (non-hydrogen) atoms. The largest absolute Gasteiger partial charge is 0.489 e. The van der Waals surface area contributed by atoms with Crippen molar-refractivity contribution in [1.82, 2.24) is 9.88 Å². The zero-order valence-electron chi connectivity index (χ0n) is 14.6. The van der Waals surface area contributed by atoms with Crippen molar-refractivity contribution in [3.63, 3.8) is 0 Å². The number of benzene rings is 1. The highest BCUT2D eigenvalue weighted by Gasteiger charge is 2.53. The van der Waals surface area contributed by atoms with Crippen molar-refractivity contribution in [2.75, 3.05) is 13.1 Å². The SMILES string of the molecule is O=C(O)[C@@H]1CN(C(=O)c2cccc(OCc3cccnc3)c2)C[C@H]1C(F)(F)F. The van der Waals surface area contributed by atoms with Crippen LogP contribution in [0.4, 0.5) is 13.2 Å². The molecule has 0 saturated carbocycles. The van der Waals surface area contributed by atoms with Crippen LogP contribution >= 0.6 is 0 Å². The molecule has 0 aliphatic carbocycles. The fourth-order valence-electron chi connectivity index (χ4n) is 3.10. The van der Waals surface area contributed by atoms with Crippen LogP contribution in [0.5, 0.6) is 5.75 Å². The molecule has 1 fully saturated rings. The average Bonchev–Trinajstić information content (AvgIpc) is 3.13. The third-order valence-electron chi connectivity index (χ3n) is 4.55. The molecular formula is C19H17F3N2O4. The highest BCUT2D eigenvalue weighted by Crippen LogP contribution is 2.38. The van der Waals surface area contributed by atoms with Gasteiger partial charge >= 0.3 is 12.1 Å². The number of alkyl halides is 3. The van der Waals surface area contributed by atoms with Gasteiger partial charge in [0, 0.05) is 36.6 Å². The summed E-state index contributed by atoms with van der Waals surface area (Å²) in [5.41, 5.74) is 0.951. The van der Waals surface area contributed by atoms with E-state index in [4.69, 9.17) is 9.84 Å². The lowest BCUT2D eigenvalue weighted by Gasteiger charge is -2.18. The predicted octanol–water partition coefficient (Wildman–Crippen LogP) is 3.00. The summed E-state index contributed by atoms with van der Waals surface area (Å²) in [6, 6.07) is 9.62. The molecule has 148 valence electrons. The van der Waals surface area contributed by atoms with Gasteiger partial charge in [0.2, 0.25) is 0 Å². The van der Waals surface area contributed by atoms with Gasteiger partial charge in [-0.2, -0.15) is 13.2 Å². The van der Waals surface area contributed by atoms with Gasteiger partial charge in [-0.3, -0.25) is 14.6 Å². The number of hydrogen-bond acceptors (Lipinski definition) is 4. The quantitative estimate of drug-likeness (QED) is 0.844. The van der Waals surface area contributed by atoms with E-state index in [0.29, 0.717) is 5.75 Å². The fourth-order valence-corrected chi connectivity index (χ4v) is 3.10. The van der Waals surface area contributed by atoms with Crippen molar-refractivity contribution in [3.05, 3.63) is 59.9 Å². The van der Waals surface area contributed by atoms with Crippen molar-refractivity contribution >= 4 is 11.9 Å². The highest BCUT2D eigenvalue weighted by atomic mass is 19.4. The van der Waals surface area contributed by atoms with Crippen molar-refractivity contribution in [2.24, 2.45) is 11.8 Å². The van der Waals surface area contributed by atoms with Gasteiger partial charge in [0.05, 0.1) is 11.8 Å². The van der Waals surface area contributed by atoms with E-state index in [0.717, 1.165) is 10.5 Å². The standard InChI is InChI=1S/C19H17F3N2O4/c20-19(21,22)16-10-24(9-15(16)18(26)27)17(25)13-4-1-5-14(7-13)28-11-12-3-2-6-23-8-12/h1-8,15-16H,9-11H2,(H,26,27)/t15-,16-/m1/s1. The zero-order chi connectivity index (χ0) is 20.3. The number of carboxylic acids is 1. The van der Waals surface area contributed by atoms with Gasteiger partial charge in [-0.15, -0.1) is 0 Å². The summed E-state index contributed by atoms with van der Waals surface area (Å²) in [5.74, 6) is -5.61. The summed E-state index contributed by atoms with van der Waals surface area (Å²) in [4.78, 5) is 28.7. The lowest BCUT2D eigenvalue weighted by molar-refractivity contribution is -0.187. The van der Waals surface area contributed by atoms with Crippen molar-refractivity contribution in [2.45, 2.75) is 12.8 Å². The maximum Gasteiger partial charge on any atom is 0.394 e. The number of ether oxygens (including phenoxy) is 1. The first-order valence-corrected chi connectivity index (χ1v) is 8.46. The summed E-state index contributed by atoms with van der Waals surface area (Å²) < 4.78 is 44.9. The minimum atomic E-state index is -4.69. The Bertz CT molecular complexity index is 858. The molecule has 3 rings (SSSR count). The molecule has 0 spiro atoms. The molecule has 1 aliphatic heterocycles. The van der Waals surface area contributed by atoms with Gasteiger partial charge in [0.15, 0.2) is 0 Å². The molecule has 1 aromatic heterocycles. The summed E-state index contributed by atoms with van der Waals surface area (Å²) in [6.45, 7) is -0.953. The molecule has 1 N–H and O–H groups in total. The van der Waals surface area contributed by atoms with Crippen molar-refractivity contribution < 1.29 is 32.6 Å². The van der Waals surface area contributed by atoms with Crippen LogP contribution in [0.25, 0.3) is 0 Å². The first kappa shape index (κ1) is 19.7. The Morgan fingerprint density at radius 1 is 1.21 bits per heavy atom. The van der Waals surface area contributed by atoms with E-state index in [2.05, 4.69) is 4.98 Å². The van der Waals surface area contributed by atoms with E-state index in [1.165, 1.54) is 12.1 Å². The molecule has 0 radical (unpaired) electrons. The Morgan fingerprint density at radius 3 is 2.61 bits per heavy atom. The third-order valence-corrected chi connectivity index (χ3v) is 4.55. The number of pyridine rings is 1. The van der Waals surface area contributed by atoms with Crippen LogP contribution in [0, 0.1) is 11.8 Å². The number of carboxylic acid groups (broad SMARTS) is 1. The minimum absolute atomic E-state index is 0.135. The van der Waals surface area contributed by atoms with E-state index in [1.807, 2.05) is 6.07 Å². The summed E-state index contributed by atoms with van der Waals surface area (Å²) in [5, 5.41) is 9.08. The molecule has 2 heterocycles. The molecule has 0 unspecified atom stereocenters. The van der Waals surface area contributed by atoms with Crippen LogP contribution in [0.2, 0.25) is 0 Å². The summed E-state index contributed by atoms with van der Waals surface area (Å²) >= 11 is 0. The maximum atomic E-state index is 13.1. The third kappa shape index (κ3) is 4.41. The molecule has 2 aromatic rings. The van der Waals surface area contributed by atoms with Crippen LogP contribution in [0.1, 0.15) is 15.9 Å². The Morgan fingerprint density at radius 2 is 2.00 bits per heavy atom. The number of rotatable bonds is 5. The molecule has 1 aliphatic rings. The maximum absolute atomic E-state index is 13.1. The molecule has 1 saturated heterocycles. The van der Waals surface area contributed by atoms with E-state index in [9.17, 15) is 22.8 Å². The molecule has 0 bridgehead atoms. The number of nitrogens with zero attached hydrogens (tertiary/aromatic N) is 2. The molecule has 6 nitrogen and oxygen atoms in total. The minimum Gasteiger partial charge on any atom is -0.489 e. The van der Waals surface area contributed by atoms with E-state index in [1.54, 1.807) is 30.6 Å². The Labute approximate surface area is 158 Å². The van der Waals surface area contributed by atoms with Crippen LogP contribution in [0.3, 0.4) is 0 Å². The molecule has 2 atom stereocenters. The van der Waals surface area contributed by atoms with Crippen molar-refractivity contribution in [3.8, 4) is 5.75 Å². The summed E-state index contributed by atoms with van der Waals surface area (Å²) in [7, 11) is 0. The highest BCUT2D eigenvalue weighted by molar-refractivity contribution is 5.95. The smallest absolute Gasteiger partial charge is 0.394 e. The topological polar surface area (TPSA) is 79.7 Å². The number of aliphatic carboxylic acids is 1. The second-order valence-electron chi connectivity index (χ2n) is 6.48. The van der Waals surface area contributed by atoms with Crippen LogP contribution < -0.4 is 4.74 Å². The van der Waals surface area contributed by atoms with Gasteiger partial charge in [0.1, 0.15) is 12.4 Å². The normalized spacial score (nSPS) is 19.5. The summed E-state index contributed by atoms with van der Waals surface area (Å²) in [6.07, 6.45) is -1.44. The van der Waals surface area contributed by atoms with Gasteiger partial charge in [-0.25, -0.2) is 0 Å². The number of carbonyl (C=O) groups is 2. The van der Waals surface area contributed by atoms with Crippen LogP contribution in [-0.2, 0) is 11.4 Å². The Hall–Kier alpha value is -3.10. The zero-order valence-corrected chi connectivity index (χ0v) is 14.6. The lowest BCUT2D eigenvalue weighted by Crippen LogP contribution is -2.34. The second-order valence-corrected chi connectivity index (χ2v) is 6.48. The van der Waals surface area contributed by atoms with Crippen molar-refractivity contribution in [1.29, 1.82) is 0 Å². The number of amides is 1. The van der Waals surface area contributed by atoms with E-state index < -0.39 is 43.0 Å². The first-order chi connectivity index (χ1) is 13.3. The number of aromatic nitrogens is 1. The van der Waals surface area contributed by atoms with Crippen LogP contribution in [0.15, 0.2) is 48.8 Å². The molecule has 1 aromatic carbocycles. The average molecular weight is 394 g/mol.